The minimum atomic E-state index is -1.85. The molecule has 1 aromatic heterocycles. The quantitative estimate of drug-likeness (QED) is 0.0376. The lowest BCUT2D eigenvalue weighted by atomic mass is 10.1. The number of carboxylic acid groups (broad SMARTS) is 6. The van der Waals surface area contributed by atoms with Crippen molar-refractivity contribution in [2.24, 2.45) is 0 Å². The molecule has 0 aliphatic carbocycles. The molecule has 4 unspecified atom stereocenters. The molecule has 1 heterocycles. The molecule has 1 aromatic carbocycles. The van der Waals surface area contributed by atoms with Crippen LogP contribution in [0.2, 0.25) is 0 Å². The Morgan fingerprint density at radius 3 is 1.32 bits per heavy atom. The standard InChI is InChI=1S/C37H46FN9O18/c38-9-1-2-20-17-47(46-45-20)21-13-18(32(56)39-10-7-26(48)43-24(36(62)63)15-28(50)41-22(34(58)59)3-5-30(52)53)12-19(14-21)33(57)40-11-8-27(49)44-25(37(64)65)16-29(51)42-23(35(60)61)4-6-31(54)55/h12-14,17,22-25H,1-11,15-16H2,(H,39,56)(H,40,57)(H,41,50)(H,42,51)(H,43,48)(H,44,49)(H,52,53)(H,54,55)(H,58,59)(H,60,61)(H,62,63)(H,64,65). The number of aryl methyl sites for hydroxylation is 1. The average molecular weight is 924 g/mol. The molecule has 0 aliphatic heterocycles. The maximum absolute atomic E-state index is 13.3. The van der Waals surface area contributed by atoms with Crippen molar-refractivity contribution in [1.82, 2.24) is 46.9 Å². The van der Waals surface area contributed by atoms with E-state index in [-0.39, 0.29) is 29.7 Å². The summed E-state index contributed by atoms with van der Waals surface area (Å²) in [7, 11) is 0. The summed E-state index contributed by atoms with van der Waals surface area (Å²) in [5, 5.41) is 75.8. The van der Waals surface area contributed by atoms with Gasteiger partial charge in [0.05, 0.1) is 37.1 Å². The number of nitrogens with one attached hydrogen (secondary N) is 6. The van der Waals surface area contributed by atoms with Crippen LogP contribution in [0.3, 0.4) is 0 Å². The molecule has 6 amide bonds. The minimum Gasteiger partial charge on any atom is -0.481 e. The van der Waals surface area contributed by atoms with Crippen LogP contribution in [0.1, 0.15) is 84.2 Å². The second-order valence-corrected chi connectivity index (χ2v) is 13.8. The van der Waals surface area contributed by atoms with Crippen LogP contribution in [-0.4, -0.2) is 161 Å². The third kappa shape index (κ3) is 19.7. The number of carbonyl (C=O) groups is 12. The molecule has 0 bridgehead atoms. The number of benzene rings is 1. The number of carbonyl (C=O) groups excluding carboxylic acids is 6. The van der Waals surface area contributed by atoms with Gasteiger partial charge in [-0.1, -0.05) is 5.21 Å². The van der Waals surface area contributed by atoms with E-state index < -0.39 is 167 Å². The van der Waals surface area contributed by atoms with Gasteiger partial charge in [0.15, 0.2) is 0 Å². The molecule has 354 valence electrons. The number of alkyl halides is 1. The van der Waals surface area contributed by atoms with E-state index in [0.29, 0.717) is 5.69 Å². The van der Waals surface area contributed by atoms with Crippen LogP contribution in [0, 0.1) is 0 Å². The molecule has 0 radical (unpaired) electrons. The van der Waals surface area contributed by atoms with Gasteiger partial charge < -0.3 is 62.5 Å². The van der Waals surface area contributed by atoms with Gasteiger partial charge in [0.1, 0.15) is 24.2 Å². The van der Waals surface area contributed by atoms with Crippen LogP contribution in [0.4, 0.5) is 4.39 Å². The van der Waals surface area contributed by atoms with Crippen LogP contribution in [-0.2, 0) is 54.4 Å². The minimum absolute atomic E-state index is 0.0867. The summed E-state index contributed by atoms with van der Waals surface area (Å²) in [5.74, 6) is -15.1. The van der Waals surface area contributed by atoms with E-state index in [1.165, 1.54) is 23.0 Å². The molecule has 2 rings (SSSR count). The third-order valence-corrected chi connectivity index (χ3v) is 8.70. The van der Waals surface area contributed by atoms with Crippen molar-refractivity contribution >= 4 is 71.3 Å². The molecule has 0 saturated heterocycles. The van der Waals surface area contributed by atoms with E-state index in [1.54, 1.807) is 0 Å². The normalized spacial score (nSPS) is 12.5. The van der Waals surface area contributed by atoms with Crippen LogP contribution in [0.25, 0.3) is 5.69 Å². The molecule has 27 nitrogen and oxygen atoms in total. The summed E-state index contributed by atoms with van der Waals surface area (Å²) in [6, 6.07) is -3.37. The molecule has 4 atom stereocenters. The summed E-state index contributed by atoms with van der Waals surface area (Å²) in [6.45, 7) is -1.50. The second-order valence-electron chi connectivity index (χ2n) is 13.8. The van der Waals surface area contributed by atoms with E-state index in [4.69, 9.17) is 10.2 Å². The highest BCUT2D eigenvalue weighted by Gasteiger charge is 2.29. The third-order valence-electron chi connectivity index (χ3n) is 8.70. The Bertz CT molecular complexity index is 2010. The van der Waals surface area contributed by atoms with Gasteiger partial charge >= 0.3 is 35.8 Å². The van der Waals surface area contributed by atoms with Crippen molar-refractivity contribution in [1.29, 1.82) is 0 Å². The van der Waals surface area contributed by atoms with Gasteiger partial charge in [0.25, 0.3) is 11.8 Å². The zero-order valence-electron chi connectivity index (χ0n) is 34.1. The Morgan fingerprint density at radius 1 is 0.554 bits per heavy atom. The van der Waals surface area contributed by atoms with Crippen molar-refractivity contribution in [2.75, 3.05) is 19.8 Å². The fraction of sp³-hybridized carbons (Fsp3) is 0.459. The molecule has 0 fully saturated rings. The number of halogens is 1. The molecular weight excluding hydrogens is 877 g/mol. The average Bonchev–Trinajstić information content (AvgIpc) is 3.71. The Kier molecular flexibility index (Phi) is 21.6. The number of amides is 6. The summed E-state index contributed by atoms with van der Waals surface area (Å²) in [4.78, 5) is 144. The van der Waals surface area contributed by atoms with Crippen LogP contribution >= 0.6 is 0 Å². The number of hydrogen-bond acceptors (Lipinski definition) is 14. The highest BCUT2D eigenvalue weighted by molar-refractivity contribution is 6.01. The molecule has 0 saturated carbocycles. The van der Waals surface area contributed by atoms with E-state index in [0.717, 1.165) is 6.07 Å². The Morgan fingerprint density at radius 2 is 0.954 bits per heavy atom. The molecule has 0 spiro atoms. The topological polar surface area (TPSA) is 429 Å². The number of aromatic nitrogens is 3. The first-order chi connectivity index (χ1) is 30.6. The van der Waals surface area contributed by atoms with Crippen molar-refractivity contribution in [3.8, 4) is 5.69 Å². The first-order valence-corrected chi connectivity index (χ1v) is 19.3. The van der Waals surface area contributed by atoms with E-state index in [1.807, 2.05) is 10.6 Å². The van der Waals surface area contributed by atoms with Gasteiger partial charge in [-0.2, -0.15) is 0 Å². The second kappa shape index (κ2) is 26.4. The van der Waals surface area contributed by atoms with E-state index in [9.17, 15) is 82.4 Å². The Hall–Kier alpha value is -8.07. The number of aliphatic carboxylic acids is 6. The van der Waals surface area contributed by atoms with Gasteiger partial charge in [-0.05, 0) is 43.9 Å². The van der Waals surface area contributed by atoms with Gasteiger partial charge in [-0.25, -0.2) is 23.9 Å². The zero-order valence-corrected chi connectivity index (χ0v) is 34.1. The van der Waals surface area contributed by atoms with Crippen molar-refractivity contribution in [2.45, 2.75) is 88.4 Å². The lowest BCUT2D eigenvalue weighted by Gasteiger charge is -2.17. The Labute approximate surface area is 365 Å². The van der Waals surface area contributed by atoms with Gasteiger partial charge in [0, 0.05) is 49.9 Å². The maximum atomic E-state index is 13.3. The predicted octanol–water partition coefficient (Wildman–Crippen LogP) is -2.80. The molecule has 0 aliphatic rings. The summed E-state index contributed by atoms with van der Waals surface area (Å²) >= 11 is 0. The largest absolute Gasteiger partial charge is 0.481 e. The summed E-state index contributed by atoms with van der Waals surface area (Å²) in [5.41, 5.74) is 0.0507. The molecule has 2 aromatic rings. The first-order valence-electron chi connectivity index (χ1n) is 19.3. The van der Waals surface area contributed by atoms with Crippen LogP contribution in [0.5, 0.6) is 0 Å². The highest BCUT2D eigenvalue weighted by Crippen LogP contribution is 2.16. The van der Waals surface area contributed by atoms with Crippen molar-refractivity contribution in [3.63, 3.8) is 0 Å². The fourth-order valence-corrected chi connectivity index (χ4v) is 5.44. The lowest BCUT2D eigenvalue weighted by Crippen LogP contribution is -2.47. The monoisotopic (exact) mass is 923 g/mol. The van der Waals surface area contributed by atoms with E-state index >= 15 is 0 Å². The maximum Gasteiger partial charge on any atom is 0.326 e. The first kappa shape index (κ1) is 53.1. The lowest BCUT2D eigenvalue weighted by molar-refractivity contribution is -0.145. The van der Waals surface area contributed by atoms with Gasteiger partial charge in [-0.15, -0.1) is 5.10 Å². The van der Waals surface area contributed by atoms with Crippen LogP contribution in [0.15, 0.2) is 24.4 Å². The van der Waals surface area contributed by atoms with E-state index in [2.05, 4.69) is 31.6 Å². The smallest absolute Gasteiger partial charge is 0.326 e. The van der Waals surface area contributed by atoms with Crippen molar-refractivity contribution < 1.29 is 92.6 Å². The predicted molar refractivity (Wildman–Crippen MR) is 211 cm³/mol. The SMILES string of the molecule is O=C(O)CCC(NC(=O)CC(NC(=O)CCNC(=O)c1cc(C(=O)NCCC(=O)NC(CC(=O)NC(CCC(=O)O)C(=O)O)C(=O)O)cc(-n2cc(CCCF)nn2)c1)C(=O)O)C(=O)O. The molecule has 65 heavy (non-hydrogen) atoms. The number of hydrogen-bond donors (Lipinski definition) is 12. The fourth-order valence-electron chi connectivity index (χ4n) is 5.44. The molecular formula is C37H46FN9O18. The zero-order chi connectivity index (χ0) is 48.8. The number of nitrogens with zero attached hydrogens (tertiary/aromatic N) is 3. The number of carboxylic acids is 6. The van der Waals surface area contributed by atoms with Gasteiger partial charge in [-0.3, -0.25) is 42.7 Å². The van der Waals surface area contributed by atoms with Crippen LogP contribution < -0.4 is 31.9 Å². The Balaban J connectivity index is 2.12. The number of rotatable bonds is 30. The van der Waals surface area contributed by atoms with Gasteiger partial charge in [0.2, 0.25) is 23.6 Å². The molecule has 12 N–H and O–H groups in total. The van der Waals surface area contributed by atoms with Crippen molar-refractivity contribution in [3.05, 3.63) is 41.2 Å². The summed E-state index contributed by atoms with van der Waals surface area (Å²) < 4.78 is 13.9. The molecule has 28 heteroatoms. The highest BCUT2D eigenvalue weighted by atomic mass is 19.1. The summed E-state index contributed by atoms with van der Waals surface area (Å²) in [6.07, 6.45) is -3.47.